The third-order valence-electron chi connectivity index (χ3n) is 2.66. The molecule has 0 aliphatic carbocycles. The first-order valence-electron chi connectivity index (χ1n) is 5.82. The summed E-state index contributed by atoms with van der Waals surface area (Å²) in [5.74, 6) is 0.214. The molecule has 1 aromatic carbocycles. The number of benzene rings is 1. The molecule has 0 atom stereocenters. The topological polar surface area (TPSA) is 80.7 Å². The second kappa shape index (κ2) is 5.92. The van der Waals surface area contributed by atoms with Crippen LogP contribution in [-0.2, 0) is 0 Å². The number of methoxy groups -OCH3 is 2. The summed E-state index contributed by atoms with van der Waals surface area (Å²) < 4.78 is 10.4. The molecular formula is C14H14N2O4. The third kappa shape index (κ3) is 2.97. The predicted octanol–water partition coefficient (Wildman–Crippen LogP) is 2.54. The van der Waals surface area contributed by atoms with Crippen molar-refractivity contribution in [3.8, 4) is 11.5 Å². The molecule has 0 unspecified atom stereocenters. The van der Waals surface area contributed by atoms with Crippen LogP contribution in [0.2, 0.25) is 0 Å². The highest BCUT2D eigenvalue weighted by Crippen LogP contribution is 2.31. The first-order valence-corrected chi connectivity index (χ1v) is 5.82. The van der Waals surface area contributed by atoms with Crippen molar-refractivity contribution in [3.05, 3.63) is 42.2 Å². The van der Waals surface area contributed by atoms with E-state index in [9.17, 15) is 4.79 Å². The fourth-order valence-electron chi connectivity index (χ4n) is 1.69. The number of aromatic carboxylic acids is 1. The predicted molar refractivity (Wildman–Crippen MR) is 74.0 cm³/mol. The molecule has 0 spiro atoms. The van der Waals surface area contributed by atoms with Crippen molar-refractivity contribution in [2.45, 2.75) is 0 Å². The monoisotopic (exact) mass is 274 g/mol. The van der Waals surface area contributed by atoms with Crippen molar-refractivity contribution in [2.75, 3.05) is 19.5 Å². The number of carbonyl (C=O) groups is 1. The van der Waals surface area contributed by atoms with Crippen LogP contribution in [0, 0.1) is 0 Å². The first kappa shape index (κ1) is 13.7. The van der Waals surface area contributed by atoms with Crippen molar-refractivity contribution >= 4 is 17.3 Å². The lowest BCUT2D eigenvalue weighted by atomic mass is 10.2. The van der Waals surface area contributed by atoms with Crippen LogP contribution in [0.3, 0.4) is 0 Å². The van der Waals surface area contributed by atoms with Crippen LogP contribution in [0.15, 0.2) is 36.5 Å². The fourth-order valence-corrected chi connectivity index (χ4v) is 1.69. The molecule has 2 aromatic rings. The van der Waals surface area contributed by atoms with Crippen molar-refractivity contribution in [1.82, 2.24) is 4.98 Å². The molecule has 104 valence electrons. The van der Waals surface area contributed by atoms with E-state index < -0.39 is 5.97 Å². The van der Waals surface area contributed by atoms with Crippen molar-refractivity contribution in [1.29, 1.82) is 0 Å². The third-order valence-corrected chi connectivity index (χ3v) is 2.66. The number of hydrogen-bond donors (Lipinski definition) is 2. The molecule has 20 heavy (non-hydrogen) atoms. The number of hydrogen-bond acceptors (Lipinski definition) is 5. The summed E-state index contributed by atoms with van der Waals surface area (Å²) in [7, 11) is 3.13. The van der Waals surface area contributed by atoms with Gasteiger partial charge in [0.15, 0.2) is 0 Å². The molecule has 0 radical (unpaired) electrons. The highest BCUT2D eigenvalue weighted by Gasteiger charge is 2.08. The molecule has 0 aliphatic rings. The van der Waals surface area contributed by atoms with E-state index in [1.807, 2.05) is 0 Å². The van der Waals surface area contributed by atoms with E-state index >= 15 is 0 Å². The van der Waals surface area contributed by atoms with Crippen LogP contribution in [0.4, 0.5) is 11.4 Å². The molecule has 6 heteroatoms. The first-order chi connectivity index (χ1) is 9.63. The minimum atomic E-state index is -1.08. The van der Waals surface area contributed by atoms with E-state index in [4.69, 9.17) is 14.6 Å². The maximum Gasteiger partial charge on any atom is 0.354 e. The molecule has 0 saturated carbocycles. The Balaban J connectivity index is 2.33. The van der Waals surface area contributed by atoms with Gasteiger partial charge in [-0.15, -0.1) is 0 Å². The zero-order chi connectivity index (χ0) is 14.5. The number of carboxylic acids is 1. The summed E-state index contributed by atoms with van der Waals surface area (Å²) in [6, 6.07) is 8.42. The summed E-state index contributed by atoms with van der Waals surface area (Å²) in [6.07, 6.45) is 1.43. The summed E-state index contributed by atoms with van der Waals surface area (Å²) >= 11 is 0. The average Bonchev–Trinajstić information content (AvgIpc) is 2.47. The lowest BCUT2D eigenvalue weighted by Gasteiger charge is -2.12. The summed E-state index contributed by atoms with van der Waals surface area (Å²) in [5.41, 5.74) is 1.25. The molecule has 2 rings (SSSR count). The van der Waals surface area contributed by atoms with Crippen LogP contribution in [0.1, 0.15) is 10.5 Å². The number of carboxylic acid groups (broad SMARTS) is 1. The molecule has 1 heterocycles. The minimum absolute atomic E-state index is 0.0307. The van der Waals surface area contributed by atoms with Gasteiger partial charge in [-0.1, -0.05) is 0 Å². The molecule has 0 amide bonds. The number of rotatable bonds is 5. The molecule has 0 saturated heterocycles. The van der Waals surface area contributed by atoms with Gasteiger partial charge in [0.05, 0.1) is 19.9 Å². The van der Waals surface area contributed by atoms with Gasteiger partial charge in [-0.25, -0.2) is 9.78 Å². The van der Waals surface area contributed by atoms with Gasteiger partial charge in [0.1, 0.15) is 17.2 Å². The second-order valence-electron chi connectivity index (χ2n) is 3.93. The highest BCUT2D eigenvalue weighted by atomic mass is 16.5. The van der Waals surface area contributed by atoms with Crippen molar-refractivity contribution in [3.63, 3.8) is 0 Å². The van der Waals surface area contributed by atoms with Gasteiger partial charge in [0, 0.05) is 18.0 Å². The Morgan fingerprint density at radius 2 is 2.00 bits per heavy atom. The van der Waals surface area contributed by atoms with Crippen LogP contribution in [0.5, 0.6) is 11.5 Å². The number of anilines is 2. The van der Waals surface area contributed by atoms with Crippen LogP contribution >= 0.6 is 0 Å². The molecule has 6 nitrogen and oxygen atoms in total. The highest BCUT2D eigenvalue weighted by molar-refractivity contribution is 5.86. The van der Waals surface area contributed by atoms with Crippen LogP contribution in [-0.4, -0.2) is 30.3 Å². The number of ether oxygens (including phenoxy) is 2. The summed E-state index contributed by atoms with van der Waals surface area (Å²) in [6.45, 7) is 0. The van der Waals surface area contributed by atoms with E-state index in [1.165, 1.54) is 12.3 Å². The second-order valence-corrected chi connectivity index (χ2v) is 3.93. The Hall–Kier alpha value is -2.76. The Morgan fingerprint density at radius 1 is 1.20 bits per heavy atom. The van der Waals surface area contributed by atoms with Gasteiger partial charge in [0.25, 0.3) is 0 Å². The quantitative estimate of drug-likeness (QED) is 0.872. The smallest absolute Gasteiger partial charge is 0.354 e. The SMILES string of the molecule is COc1ccc(OC)c(Nc2ccnc(C(=O)O)c2)c1. The Labute approximate surface area is 116 Å². The van der Waals surface area contributed by atoms with E-state index in [1.54, 1.807) is 38.5 Å². The maximum absolute atomic E-state index is 10.9. The molecule has 0 bridgehead atoms. The standard InChI is InChI=1S/C14H14N2O4/c1-19-10-3-4-13(20-2)11(8-10)16-9-5-6-15-12(7-9)14(17)18/h3-8H,1-2H3,(H,15,16)(H,17,18). The average molecular weight is 274 g/mol. The molecule has 0 aliphatic heterocycles. The number of pyridine rings is 1. The maximum atomic E-state index is 10.9. The number of nitrogens with zero attached hydrogens (tertiary/aromatic N) is 1. The van der Waals surface area contributed by atoms with Gasteiger partial charge >= 0.3 is 5.97 Å². The fraction of sp³-hybridized carbons (Fsp3) is 0.143. The zero-order valence-corrected chi connectivity index (χ0v) is 11.1. The van der Waals surface area contributed by atoms with Gasteiger partial charge in [-0.05, 0) is 24.3 Å². The van der Waals surface area contributed by atoms with E-state index in [2.05, 4.69) is 10.3 Å². The Bertz CT molecular complexity index is 628. The molecular weight excluding hydrogens is 260 g/mol. The van der Waals surface area contributed by atoms with Gasteiger partial charge in [0.2, 0.25) is 0 Å². The van der Waals surface area contributed by atoms with Gasteiger partial charge in [-0.3, -0.25) is 0 Å². The Morgan fingerprint density at radius 3 is 2.65 bits per heavy atom. The molecule has 0 fully saturated rings. The van der Waals surface area contributed by atoms with E-state index in [-0.39, 0.29) is 5.69 Å². The summed E-state index contributed by atoms with van der Waals surface area (Å²) in [4.78, 5) is 14.7. The lowest BCUT2D eigenvalue weighted by molar-refractivity contribution is 0.0690. The largest absolute Gasteiger partial charge is 0.497 e. The summed E-state index contributed by atoms with van der Waals surface area (Å²) in [5, 5.41) is 12.0. The van der Waals surface area contributed by atoms with Crippen molar-refractivity contribution in [2.24, 2.45) is 0 Å². The molecule has 2 N–H and O–H groups in total. The van der Waals surface area contributed by atoms with E-state index in [0.29, 0.717) is 22.9 Å². The Kier molecular flexibility index (Phi) is 4.05. The van der Waals surface area contributed by atoms with Crippen LogP contribution in [0.25, 0.3) is 0 Å². The van der Waals surface area contributed by atoms with E-state index in [0.717, 1.165) is 0 Å². The van der Waals surface area contributed by atoms with Gasteiger partial charge in [-0.2, -0.15) is 0 Å². The number of nitrogens with one attached hydrogen (secondary N) is 1. The van der Waals surface area contributed by atoms with Crippen molar-refractivity contribution < 1.29 is 19.4 Å². The minimum Gasteiger partial charge on any atom is -0.497 e. The molecule has 1 aromatic heterocycles. The van der Waals surface area contributed by atoms with Crippen LogP contribution < -0.4 is 14.8 Å². The zero-order valence-electron chi connectivity index (χ0n) is 11.1. The van der Waals surface area contributed by atoms with Gasteiger partial charge < -0.3 is 19.9 Å². The lowest BCUT2D eigenvalue weighted by Crippen LogP contribution is -2.01. The normalized spacial score (nSPS) is 9.90. The number of aromatic nitrogens is 1.